The Kier molecular flexibility index (Phi) is 4.12. The highest BCUT2D eigenvalue weighted by Crippen LogP contribution is 2.44. The number of hydrogen-bond acceptors (Lipinski definition) is 4. The van der Waals surface area contributed by atoms with Crippen molar-refractivity contribution < 1.29 is 9.69 Å². The smallest absolute Gasteiger partial charge is 0.224 e. The topological polar surface area (TPSA) is 46.4 Å². The largest absolute Gasteiger partial charge is 0.333 e. The normalized spacial score (nSPS) is 17.0. The van der Waals surface area contributed by atoms with Crippen LogP contribution in [0.15, 0.2) is 24.3 Å². The number of anilines is 1. The molecule has 4 rings (SSSR count). The molecule has 0 aliphatic carbocycles. The Morgan fingerprint density at radius 3 is 2.96 bits per heavy atom. The highest BCUT2D eigenvalue weighted by Gasteiger charge is 2.28. The number of carbonyl (C=O) groups is 1. The van der Waals surface area contributed by atoms with E-state index in [2.05, 4.69) is 24.5 Å². The SMILES string of the molecule is CCC(=O)Nc1sc2c(c1-c1nc3ccccc3s1)CC[NH+](C)C2. The Bertz CT molecular complexity index is 879. The molecule has 3 heterocycles. The molecule has 1 amide bonds. The maximum Gasteiger partial charge on any atom is 0.224 e. The maximum absolute atomic E-state index is 12.0. The summed E-state index contributed by atoms with van der Waals surface area (Å²) in [6.07, 6.45) is 1.54. The van der Waals surface area contributed by atoms with Crippen molar-refractivity contribution in [2.24, 2.45) is 0 Å². The summed E-state index contributed by atoms with van der Waals surface area (Å²) in [6.45, 7) is 4.04. The number of nitrogens with zero attached hydrogens (tertiary/aromatic N) is 1. The molecule has 0 spiro atoms. The van der Waals surface area contributed by atoms with Gasteiger partial charge in [-0.2, -0.15) is 0 Å². The van der Waals surface area contributed by atoms with Crippen LogP contribution in [0.3, 0.4) is 0 Å². The number of rotatable bonds is 3. The number of fused-ring (bicyclic) bond motifs is 2. The zero-order valence-corrected chi connectivity index (χ0v) is 15.4. The Morgan fingerprint density at radius 2 is 2.17 bits per heavy atom. The fourth-order valence-electron chi connectivity index (χ4n) is 3.13. The van der Waals surface area contributed by atoms with Crippen molar-refractivity contribution in [2.75, 3.05) is 18.9 Å². The lowest BCUT2D eigenvalue weighted by atomic mass is 10.0. The van der Waals surface area contributed by atoms with Crippen molar-refractivity contribution >= 4 is 43.8 Å². The van der Waals surface area contributed by atoms with Gasteiger partial charge in [0.15, 0.2) is 0 Å². The molecule has 124 valence electrons. The van der Waals surface area contributed by atoms with Crippen molar-refractivity contribution in [3.05, 3.63) is 34.7 Å². The first kappa shape index (κ1) is 15.7. The van der Waals surface area contributed by atoms with Crippen LogP contribution in [0.1, 0.15) is 23.8 Å². The molecule has 2 aromatic heterocycles. The van der Waals surface area contributed by atoms with E-state index in [1.54, 1.807) is 22.7 Å². The fourth-order valence-corrected chi connectivity index (χ4v) is 5.62. The molecule has 1 aliphatic rings. The molecule has 1 aromatic carbocycles. The zero-order chi connectivity index (χ0) is 16.7. The summed E-state index contributed by atoms with van der Waals surface area (Å²) in [7, 11) is 2.23. The van der Waals surface area contributed by atoms with Crippen molar-refractivity contribution in [2.45, 2.75) is 26.3 Å². The molecule has 1 atom stereocenters. The average Bonchev–Trinajstić information content (AvgIpc) is 3.14. The van der Waals surface area contributed by atoms with Gasteiger partial charge in [0.1, 0.15) is 16.6 Å². The molecule has 24 heavy (non-hydrogen) atoms. The minimum absolute atomic E-state index is 0.0664. The average molecular weight is 359 g/mol. The van der Waals surface area contributed by atoms with Gasteiger partial charge in [-0.05, 0) is 17.7 Å². The number of carbonyl (C=O) groups excluding carboxylic acids is 1. The van der Waals surface area contributed by atoms with Gasteiger partial charge in [-0.1, -0.05) is 19.1 Å². The van der Waals surface area contributed by atoms with Gasteiger partial charge in [0.25, 0.3) is 0 Å². The summed E-state index contributed by atoms with van der Waals surface area (Å²) in [4.78, 5) is 19.7. The van der Waals surface area contributed by atoms with E-state index in [0.717, 1.165) is 40.6 Å². The highest BCUT2D eigenvalue weighted by atomic mass is 32.1. The van der Waals surface area contributed by atoms with Gasteiger partial charge in [0, 0.05) is 18.4 Å². The van der Waals surface area contributed by atoms with E-state index in [1.165, 1.54) is 20.0 Å². The van der Waals surface area contributed by atoms with Gasteiger partial charge in [-0.3, -0.25) is 4.79 Å². The Morgan fingerprint density at radius 1 is 1.33 bits per heavy atom. The molecule has 0 fully saturated rings. The van der Waals surface area contributed by atoms with Gasteiger partial charge >= 0.3 is 0 Å². The summed E-state index contributed by atoms with van der Waals surface area (Å²) in [5, 5.41) is 5.11. The monoisotopic (exact) mass is 358 g/mol. The predicted octanol–water partition coefficient (Wildman–Crippen LogP) is 2.94. The van der Waals surface area contributed by atoms with E-state index < -0.39 is 0 Å². The summed E-state index contributed by atoms with van der Waals surface area (Å²) < 4.78 is 1.19. The number of quaternary nitrogens is 1. The number of para-hydroxylation sites is 1. The van der Waals surface area contributed by atoms with Crippen LogP contribution >= 0.6 is 22.7 Å². The molecule has 1 aliphatic heterocycles. The van der Waals surface area contributed by atoms with Crippen LogP contribution in [0.5, 0.6) is 0 Å². The first-order valence-electron chi connectivity index (χ1n) is 8.27. The standard InChI is InChI=1S/C18H19N3OS2/c1-3-15(22)20-18-16(11-8-9-21(2)10-14(11)24-18)17-19-12-6-4-5-7-13(12)23-17/h4-7H,3,8-10H2,1-2H3,(H,20,22)/p+1. The summed E-state index contributed by atoms with van der Waals surface area (Å²) in [5.41, 5.74) is 3.57. The third-order valence-corrected chi connectivity index (χ3v) is 6.64. The number of amides is 1. The Labute approximate surface area is 149 Å². The van der Waals surface area contributed by atoms with Crippen molar-refractivity contribution in [1.82, 2.24) is 4.98 Å². The molecular formula is C18H20N3OS2+. The molecule has 1 unspecified atom stereocenters. The van der Waals surface area contributed by atoms with Gasteiger partial charge in [0.2, 0.25) is 5.91 Å². The molecule has 3 aromatic rings. The van der Waals surface area contributed by atoms with E-state index in [1.807, 2.05) is 19.1 Å². The van der Waals surface area contributed by atoms with Gasteiger partial charge in [-0.15, -0.1) is 22.7 Å². The quantitative estimate of drug-likeness (QED) is 0.756. The first-order valence-corrected chi connectivity index (χ1v) is 9.90. The zero-order valence-electron chi connectivity index (χ0n) is 13.8. The van der Waals surface area contributed by atoms with Gasteiger partial charge < -0.3 is 10.2 Å². The third kappa shape index (κ3) is 2.75. The first-order chi connectivity index (χ1) is 11.7. The minimum Gasteiger partial charge on any atom is -0.333 e. The van der Waals surface area contributed by atoms with Crippen molar-refractivity contribution in [3.8, 4) is 10.6 Å². The van der Waals surface area contributed by atoms with E-state index in [-0.39, 0.29) is 5.91 Å². The lowest BCUT2D eigenvalue weighted by Crippen LogP contribution is -3.08. The highest BCUT2D eigenvalue weighted by molar-refractivity contribution is 7.22. The number of aromatic nitrogens is 1. The van der Waals surface area contributed by atoms with Gasteiger partial charge in [-0.25, -0.2) is 4.98 Å². The second-order valence-electron chi connectivity index (χ2n) is 6.23. The molecule has 0 bridgehead atoms. The van der Waals surface area contributed by atoms with E-state index in [9.17, 15) is 4.79 Å². The maximum atomic E-state index is 12.0. The lowest BCUT2D eigenvalue weighted by Gasteiger charge is -2.19. The van der Waals surface area contributed by atoms with Crippen LogP contribution in [0.25, 0.3) is 20.8 Å². The second-order valence-corrected chi connectivity index (χ2v) is 8.37. The van der Waals surface area contributed by atoms with Crippen LogP contribution < -0.4 is 10.2 Å². The van der Waals surface area contributed by atoms with Crippen LogP contribution in [0, 0.1) is 0 Å². The summed E-state index contributed by atoms with van der Waals surface area (Å²) in [6, 6.07) is 8.23. The summed E-state index contributed by atoms with van der Waals surface area (Å²) >= 11 is 3.44. The fraction of sp³-hybridized carbons (Fsp3) is 0.333. The third-order valence-electron chi connectivity index (χ3n) is 4.44. The molecule has 4 nitrogen and oxygen atoms in total. The van der Waals surface area contributed by atoms with Crippen LogP contribution in [0.2, 0.25) is 0 Å². The molecule has 0 radical (unpaired) electrons. The number of thiophene rings is 1. The molecular weight excluding hydrogens is 338 g/mol. The Hall–Kier alpha value is -1.76. The van der Waals surface area contributed by atoms with Crippen molar-refractivity contribution in [3.63, 3.8) is 0 Å². The number of likely N-dealkylation sites (N-methyl/N-ethyl adjacent to an activating group) is 1. The number of nitrogens with one attached hydrogen (secondary N) is 2. The number of benzene rings is 1. The van der Waals surface area contributed by atoms with E-state index in [4.69, 9.17) is 4.98 Å². The Balaban J connectivity index is 1.86. The predicted molar refractivity (Wildman–Crippen MR) is 101 cm³/mol. The molecule has 0 saturated heterocycles. The number of thiazole rings is 1. The van der Waals surface area contributed by atoms with Crippen LogP contribution in [-0.2, 0) is 17.8 Å². The van der Waals surface area contributed by atoms with E-state index >= 15 is 0 Å². The number of hydrogen-bond donors (Lipinski definition) is 2. The second kappa shape index (κ2) is 6.27. The lowest BCUT2D eigenvalue weighted by molar-refractivity contribution is -0.895. The summed E-state index contributed by atoms with van der Waals surface area (Å²) in [5.74, 6) is 0.0664. The van der Waals surface area contributed by atoms with Crippen LogP contribution in [-0.4, -0.2) is 24.5 Å². The minimum atomic E-state index is 0.0664. The molecule has 6 heteroatoms. The van der Waals surface area contributed by atoms with Gasteiger partial charge in [0.05, 0.1) is 28.7 Å². The molecule has 0 saturated carbocycles. The van der Waals surface area contributed by atoms with Crippen LogP contribution in [0.4, 0.5) is 5.00 Å². The van der Waals surface area contributed by atoms with Crippen molar-refractivity contribution in [1.29, 1.82) is 0 Å². The molecule has 2 N–H and O–H groups in total. The van der Waals surface area contributed by atoms with E-state index in [0.29, 0.717) is 6.42 Å².